The summed E-state index contributed by atoms with van der Waals surface area (Å²) in [6.07, 6.45) is 3.53. The number of esters is 1. The molecular formula is C20H19ClN2O2. The lowest BCUT2D eigenvalue weighted by Gasteiger charge is -2.31. The Morgan fingerprint density at radius 3 is 2.64 bits per heavy atom. The molecule has 3 rings (SSSR count). The maximum absolute atomic E-state index is 12.5. The van der Waals surface area contributed by atoms with Crippen LogP contribution in [0.4, 0.5) is 0 Å². The molecule has 128 valence electrons. The molecule has 0 saturated carbocycles. The third-order valence-corrected chi connectivity index (χ3v) is 4.56. The Kier molecular flexibility index (Phi) is 4.91. The molecule has 1 N–H and O–H groups in total. The Morgan fingerprint density at radius 2 is 2.00 bits per heavy atom. The van der Waals surface area contributed by atoms with Crippen molar-refractivity contribution >= 4 is 23.1 Å². The number of pyridine rings is 1. The van der Waals surface area contributed by atoms with Crippen molar-refractivity contribution in [3.05, 3.63) is 81.9 Å². The second kappa shape index (κ2) is 7.11. The number of hydrogen-bond acceptors (Lipinski definition) is 4. The van der Waals surface area contributed by atoms with Crippen molar-refractivity contribution in [1.29, 1.82) is 0 Å². The molecule has 5 heteroatoms. The molecule has 0 amide bonds. The average Bonchev–Trinajstić information content (AvgIpc) is 2.61. The topological polar surface area (TPSA) is 51.2 Å². The number of ether oxygens (including phenoxy) is 1. The van der Waals surface area contributed by atoms with Gasteiger partial charge in [0.15, 0.2) is 0 Å². The van der Waals surface area contributed by atoms with Gasteiger partial charge in [-0.2, -0.15) is 0 Å². The van der Waals surface area contributed by atoms with Gasteiger partial charge in [-0.25, -0.2) is 4.79 Å². The van der Waals surface area contributed by atoms with Crippen molar-refractivity contribution in [3.8, 4) is 0 Å². The van der Waals surface area contributed by atoms with Crippen molar-refractivity contribution < 1.29 is 9.53 Å². The van der Waals surface area contributed by atoms with Crippen LogP contribution in [-0.2, 0) is 9.53 Å². The molecule has 0 saturated heterocycles. The first-order chi connectivity index (χ1) is 12.0. The van der Waals surface area contributed by atoms with E-state index in [9.17, 15) is 4.79 Å². The number of nitrogens with zero attached hydrogens (tertiary/aromatic N) is 1. The summed E-state index contributed by atoms with van der Waals surface area (Å²) in [5.41, 5.74) is 5.21. The number of carbonyl (C=O) groups excluding carboxylic acids is 1. The van der Waals surface area contributed by atoms with Gasteiger partial charge in [-0.15, -0.1) is 0 Å². The maximum Gasteiger partial charge on any atom is 0.336 e. The third-order valence-electron chi connectivity index (χ3n) is 4.32. The van der Waals surface area contributed by atoms with Crippen LogP contribution in [0.3, 0.4) is 0 Å². The van der Waals surface area contributed by atoms with E-state index < -0.39 is 0 Å². The molecule has 1 atom stereocenters. The van der Waals surface area contributed by atoms with Crippen molar-refractivity contribution in [2.24, 2.45) is 0 Å². The quantitative estimate of drug-likeness (QED) is 0.835. The fourth-order valence-electron chi connectivity index (χ4n) is 3.30. The molecule has 1 aliphatic rings. The number of halogens is 1. The molecule has 1 aliphatic heterocycles. The number of dihydropyridines is 1. The standard InChI is InChI=1S/C20H19ClN2O2/c1-12-17(15-7-5-9-22-11-15)19(14-6-4-8-16(21)10-14)18(13(2)23-12)20(24)25-3/h4-11,19,23H,1-3H3. The van der Waals surface area contributed by atoms with E-state index in [0.29, 0.717) is 10.6 Å². The number of nitrogens with one attached hydrogen (secondary N) is 1. The van der Waals surface area contributed by atoms with Crippen LogP contribution in [0.2, 0.25) is 5.02 Å². The zero-order chi connectivity index (χ0) is 18.0. The van der Waals surface area contributed by atoms with Crippen molar-refractivity contribution in [2.45, 2.75) is 19.8 Å². The van der Waals surface area contributed by atoms with E-state index in [1.54, 1.807) is 12.4 Å². The average molecular weight is 355 g/mol. The van der Waals surface area contributed by atoms with Crippen molar-refractivity contribution in [2.75, 3.05) is 7.11 Å². The fraction of sp³-hybridized carbons (Fsp3) is 0.200. The number of allylic oxidation sites excluding steroid dienone is 3. The van der Waals surface area contributed by atoms with E-state index in [-0.39, 0.29) is 11.9 Å². The molecule has 1 aromatic heterocycles. The summed E-state index contributed by atoms with van der Waals surface area (Å²) < 4.78 is 5.05. The highest BCUT2D eigenvalue weighted by Gasteiger charge is 2.34. The predicted octanol–water partition coefficient (Wildman–Crippen LogP) is 4.30. The molecule has 0 spiro atoms. The summed E-state index contributed by atoms with van der Waals surface area (Å²) in [5, 5.41) is 3.93. The van der Waals surface area contributed by atoms with Crippen LogP contribution in [-0.4, -0.2) is 18.1 Å². The molecule has 25 heavy (non-hydrogen) atoms. The van der Waals surface area contributed by atoms with E-state index in [2.05, 4.69) is 10.3 Å². The van der Waals surface area contributed by atoms with E-state index in [1.165, 1.54) is 7.11 Å². The first kappa shape index (κ1) is 17.2. The van der Waals surface area contributed by atoms with Gasteiger partial charge in [-0.3, -0.25) is 4.98 Å². The molecule has 1 aromatic carbocycles. The molecule has 2 heterocycles. The van der Waals surface area contributed by atoms with Gasteiger partial charge >= 0.3 is 5.97 Å². The molecule has 4 nitrogen and oxygen atoms in total. The Labute approximate surface area is 152 Å². The minimum absolute atomic E-state index is 0.281. The highest BCUT2D eigenvalue weighted by atomic mass is 35.5. The second-order valence-corrected chi connectivity index (χ2v) is 6.36. The van der Waals surface area contributed by atoms with E-state index in [4.69, 9.17) is 16.3 Å². The number of benzene rings is 1. The zero-order valence-electron chi connectivity index (χ0n) is 14.3. The van der Waals surface area contributed by atoms with E-state index >= 15 is 0 Å². The van der Waals surface area contributed by atoms with Crippen LogP contribution in [0.15, 0.2) is 65.8 Å². The lowest BCUT2D eigenvalue weighted by atomic mass is 9.78. The molecule has 1 unspecified atom stereocenters. The minimum atomic E-state index is -0.358. The lowest BCUT2D eigenvalue weighted by molar-refractivity contribution is -0.136. The monoisotopic (exact) mass is 354 g/mol. The van der Waals surface area contributed by atoms with Gasteiger partial charge in [-0.1, -0.05) is 29.8 Å². The van der Waals surface area contributed by atoms with Crippen molar-refractivity contribution in [1.82, 2.24) is 10.3 Å². The van der Waals surface area contributed by atoms with Gasteiger partial charge in [0.05, 0.1) is 12.7 Å². The first-order valence-corrected chi connectivity index (χ1v) is 8.33. The van der Waals surface area contributed by atoms with Crippen LogP contribution < -0.4 is 5.32 Å². The predicted molar refractivity (Wildman–Crippen MR) is 98.9 cm³/mol. The largest absolute Gasteiger partial charge is 0.466 e. The number of aromatic nitrogens is 1. The van der Waals surface area contributed by atoms with Crippen LogP contribution in [0.1, 0.15) is 30.9 Å². The molecular weight excluding hydrogens is 336 g/mol. The Bertz CT molecular complexity index is 872. The van der Waals surface area contributed by atoms with Crippen LogP contribution in [0, 0.1) is 0 Å². The van der Waals surface area contributed by atoms with Gasteiger partial charge in [0.1, 0.15) is 0 Å². The van der Waals surface area contributed by atoms with Crippen molar-refractivity contribution in [3.63, 3.8) is 0 Å². The number of hydrogen-bond donors (Lipinski definition) is 1. The fourth-order valence-corrected chi connectivity index (χ4v) is 3.50. The summed E-state index contributed by atoms with van der Waals surface area (Å²) in [6, 6.07) is 11.4. The highest BCUT2D eigenvalue weighted by molar-refractivity contribution is 6.30. The molecule has 2 aromatic rings. The summed E-state index contributed by atoms with van der Waals surface area (Å²) in [5.74, 6) is -0.638. The first-order valence-electron chi connectivity index (χ1n) is 7.95. The number of methoxy groups -OCH3 is 1. The lowest BCUT2D eigenvalue weighted by Crippen LogP contribution is -2.28. The summed E-state index contributed by atoms with van der Waals surface area (Å²) in [4.78, 5) is 16.8. The molecule has 0 bridgehead atoms. The zero-order valence-corrected chi connectivity index (χ0v) is 15.1. The van der Waals surface area contributed by atoms with Crippen LogP contribution in [0.25, 0.3) is 5.57 Å². The van der Waals surface area contributed by atoms with Gasteiger partial charge in [-0.05, 0) is 48.7 Å². The van der Waals surface area contributed by atoms with Gasteiger partial charge in [0.25, 0.3) is 0 Å². The second-order valence-electron chi connectivity index (χ2n) is 5.92. The Balaban J connectivity index is 2.25. The van der Waals surface area contributed by atoms with Crippen LogP contribution >= 0.6 is 11.6 Å². The van der Waals surface area contributed by atoms with Gasteiger partial charge < -0.3 is 10.1 Å². The SMILES string of the molecule is COC(=O)C1=C(C)NC(C)=C(c2cccnc2)C1c1cccc(Cl)c1. The van der Waals surface area contributed by atoms with E-state index in [0.717, 1.165) is 28.1 Å². The summed E-state index contributed by atoms with van der Waals surface area (Å²) in [6.45, 7) is 3.88. The van der Waals surface area contributed by atoms with E-state index in [1.807, 2.05) is 50.2 Å². The van der Waals surface area contributed by atoms with Gasteiger partial charge in [0.2, 0.25) is 0 Å². The maximum atomic E-state index is 12.5. The third kappa shape index (κ3) is 3.30. The molecule has 0 fully saturated rings. The number of carbonyl (C=O) groups is 1. The highest BCUT2D eigenvalue weighted by Crippen LogP contribution is 2.43. The molecule has 0 radical (unpaired) electrons. The summed E-state index contributed by atoms with van der Waals surface area (Å²) in [7, 11) is 1.40. The van der Waals surface area contributed by atoms with Gasteiger partial charge in [0, 0.05) is 34.7 Å². The normalized spacial score (nSPS) is 17.4. The Morgan fingerprint density at radius 1 is 1.20 bits per heavy atom. The minimum Gasteiger partial charge on any atom is -0.466 e. The molecule has 0 aliphatic carbocycles. The Hall–Kier alpha value is -2.59. The van der Waals surface area contributed by atoms with Crippen LogP contribution in [0.5, 0.6) is 0 Å². The smallest absolute Gasteiger partial charge is 0.336 e. The number of rotatable bonds is 3. The summed E-state index contributed by atoms with van der Waals surface area (Å²) >= 11 is 6.22.